The van der Waals surface area contributed by atoms with Gasteiger partial charge in [-0.1, -0.05) is 23.2 Å². The number of rotatable bonds is 5. The van der Waals surface area contributed by atoms with Crippen molar-refractivity contribution in [1.82, 2.24) is 0 Å². The molecule has 2 N–H and O–H groups in total. The number of hydrogen-bond acceptors (Lipinski definition) is 7. The van der Waals surface area contributed by atoms with Gasteiger partial charge in [0.1, 0.15) is 22.6 Å². The molecule has 0 atom stereocenters. The second-order valence-electron chi connectivity index (χ2n) is 4.69. The third kappa shape index (κ3) is 4.23. The first-order valence-electron chi connectivity index (χ1n) is 6.99. The fraction of sp³-hybridized carbons (Fsp3) is 0.188. The number of nitriles is 1. The van der Waals surface area contributed by atoms with Crippen LogP contribution in [0.2, 0.25) is 10.0 Å². The van der Waals surface area contributed by atoms with E-state index in [0.29, 0.717) is 5.02 Å². The van der Waals surface area contributed by atoms with Crippen molar-refractivity contribution >= 4 is 51.5 Å². The summed E-state index contributed by atoms with van der Waals surface area (Å²) in [4.78, 5) is 24.3. The standard InChI is InChI=1S/C16H12Cl2N2O4S/c1-2-23-16(22)13-10(9(6-19)14(20)25-13)7-24-15(21)8-3-4-11(17)12(18)5-8/h3-5H,2,7,20H2,1H3. The molecular formula is C16H12Cl2N2O4S. The summed E-state index contributed by atoms with van der Waals surface area (Å²) >= 11 is 12.6. The van der Waals surface area contributed by atoms with Crippen molar-refractivity contribution in [2.75, 3.05) is 12.3 Å². The number of halogens is 2. The van der Waals surface area contributed by atoms with Crippen LogP contribution in [0, 0.1) is 11.3 Å². The zero-order valence-corrected chi connectivity index (χ0v) is 15.3. The van der Waals surface area contributed by atoms with Gasteiger partial charge in [0.05, 0.1) is 27.8 Å². The molecule has 1 aromatic heterocycles. The summed E-state index contributed by atoms with van der Waals surface area (Å²) in [6.45, 7) is 1.52. The Morgan fingerprint density at radius 3 is 2.56 bits per heavy atom. The van der Waals surface area contributed by atoms with Gasteiger partial charge in [-0.25, -0.2) is 9.59 Å². The van der Waals surface area contributed by atoms with Crippen LogP contribution in [-0.2, 0) is 16.1 Å². The van der Waals surface area contributed by atoms with Crippen molar-refractivity contribution in [3.8, 4) is 6.07 Å². The van der Waals surface area contributed by atoms with Crippen molar-refractivity contribution in [3.05, 3.63) is 49.8 Å². The quantitative estimate of drug-likeness (QED) is 0.762. The van der Waals surface area contributed by atoms with Gasteiger partial charge in [0, 0.05) is 5.56 Å². The van der Waals surface area contributed by atoms with Crippen LogP contribution in [0.25, 0.3) is 0 Å². The summed E-state index contributed by atoms with van der Waals surface area (Å²) in [6.07, 6.45) is 0. The lowest BCUT2D eigenvalue weighted by Gasteiger charge is -2.07. The third-order valence-corrected chi connectivity index (χ3v) is 4.89. The van der Waals surface area contributed by atoms with Crippen LogP contribution in [0.3, 0.4) is 0 Å². The van der Waals surface area contributed by atoms with Crippen LogP contribution >= 0.6 is 34.5 Å². The molecule has 0 aliphatic rings. The van der Waals surface area contributed by atoms with Crippen LogP contribution in [0.1, 0.15) is 38.1 Å². The average molecular weight is 399 g/mol. The molecule has 0 fully saturated rings. The van der Waals surface area contributed by atoms with Gasteiger partial charge in [-0.2, -0.15) is 5.26 Å². The molecule has 2 rings (SSSR count). The smallest absolute Gasteiger partial charge is 0.348 e. The van der Waals surface area contributed by atoms with Crippen molar-refractivity contribution < 1.29 is 19.1 Å². The van der Waals surface area contributed by atoms with E-state index in [-0.39, 0.29) is 44.8 Å². The fourth-order valence-corrected chi connectivity index (χ4v) is 3.17. The van der Waals surface area contributed by atoms with Crippen LogP contribution in [0.15, 0.2) is 18.2 Å². The molecule has 0 saturated heterocycles. The Morgan fingerprint density at radius 1 is 1.24 bits per heavy atom. The Kier molecular flexibility index (Phi) is 6.26. The van der Waals surface area contributed by atoms with Crippen LogP contribution in [-0.4, -0.2) is 18.5 Å². The summed E-state index contributed by atoms with van der Waals surface area (Å²) in [5.74, 6) is -1.30. The average Bonchev–Trinajstić information content (AvgIpc) is 2.91. The summed E-state index contributed by atoms with van der Waals surface area (Å²) in [5.41, 5.74) is 6.26. The van der Waals surface area contributed by atoms with Crippen molar-refractivity contribution in [2.45, 2.75) is 13.5 Å². The van der Waals surface area contributed by atoms with E-state index < -0.39 is 11.9 Å². The highest BCUT2D eigenvalue weighted by Gasteiger charge is 2.24. The predicted octanol–water partition coefficient (Wildman–Crippen LogP) is 4.04. The number of ether oxygens (including phenoxy) is 2. The minimum atomic E-state index is -0.679. The number of hydrogen-bond donors (Lipinski definition) is 1. The molecule has 0 aliphatic carbocycles. The number of thiophene rings is 1. The predicted molar refractivity (Wildman–Crippen MR) is 95.0 cm³/mol. The number of carbonyl (C=O) groups is 2. The van der Waals surface area contributed by atoms with Gasteiger partial charge in [0.25, 0.3) is 0 Å². The van der Waals surface area contributed by atoms with E-state index >= 15 is 0 Å². The highest BCUT2D eigenvalue weighted by Crippen LogP contribution is 2.32. The van der Waals surface area contributed by atoms with E-state index in [0.717, 1.165) is 11.3 Å². The molecule has 0 bridgehead atoms. The molecule has 1 heterocycles. The van der Waals surface area contributed by atoms with Crippen LogP contribution < -0.4 is 5.73 Å². The topological polar surface area (TPSA) is 102 Å². The second kappa shape index (κ2) is 8.21. The Balaban J connectivity index is 2.24. The minimum Gasteiger partial charge on any atom is -0.462 e. The lowest BCUT2D eigenvalue weighted by atomic mass is 10.1. The fourth-order valence-electron chi connectivity index (χ4n) is 1.95. The number of anilines is 1. The van der Waals surface area contributed by atoms with Gasteiger partial charge in [0.15, 0.2) is 0 Å². The van der Waals surface area contributed by atoms with Gasteiger partial charge in [-0.3, -0.25) is 0 Å². The second-order valence-corrected chi connectivity index (χ2v) is 6.55. The maximum absolute atomic E-state index is 12.1. The van der Waals surface area contributed by atoms with Gasteiger partial charge in [-0.05, 0) is 25.1 Å². The zero-order valence-electron chi connectivity index (χ0n) is 13.0. The molecule has 0 radical (unpaired) electrons. The van der Waals surface area contributed by atoms with Gasteiger partial charge < -0.3 is 15.2 Å². The summed E-state index contributed by atoms with van der Waals surface area (Å²) in [6, 6.07) is 6.20. The highest BCUT2D eigenvalue weighted by molar-refractivity contribution is 7.18. The lowest BCUT2D eigenvalue weighted by molar-refractivity contribution is 0.0452. The van der Waals surface area contributed by atoms with Gasteiger partial charge in [-0.15, -0.1) is 11.3 Å². The lowest BCUT2D eigenvalue weighted by Crippen LogP contribution is -2.10. The molecule has 9 heteroatoms. The molecule has 0 unspecified atom stereocenters. The summed E-state index contributed by atoms with van der Waals surface area (Å²) in [7, 11) is 0. The van der Waals surface area contributed by atoms with E-state index in [1.165, 1.54) is 18.2 Å². The molecular weight excluding hydrogens is 387 g/mol. The van der Waals surface area contributed by atoms with E-state index in [1.54, 1.807) is 6.92 Å². The minimum absolute atomic E-state index is 0.0926. The van der Waals surface area contributed by atoms with Crippen LogP contribution in [0.5, 0.6) is 0 Å². The molecule has 0 amide bonds. The number of esters is 2. The van der Waals surface area contributed by atoms with Crippen molar-refractivity contribution in [3.63, 3.8) is 0 Å². The SMILES string of the molecule is CCOC(=O)c1sc(N)c(C#N)c1COC(=O)c1ccc(Cl)c(Cl)c1. The van der Waals surface area contributed by atoms with E-state index in [4.69, 9.17) is 38.4 Å². The van der Waals surface area contributed by atoms with Crippen molar-refractivity contribution in [2.24, 2.45) is 0 Å². The van der Waals surface area contributed by atoms with Gasteiger partial charge >= 0.3 is 11.9 Å². The Labute approximate surface area is 157 Å². The molecule has 1 aromatic carbocycles. The largest absolute Gasteiger partial charge is 0.462 e. The van der Waals surface area contributed by atoms with E-state index in [9.17, 15) is 14.9 Å². The summed E-state index contributed by atoms with van der Waals surface area (Å²) in [5, 5.41) is 9.90. The number of nitrogen functional groups attached to an aromatic ring is 1. The number of benzene rings is 1. The van der Waals surface area contributed by atoms with E-state index in [1.807, 2.05) is 6.07 Å². The molecule has 0 saturated carbocycles. The summed E-state index contributed by atoms with van der Waals surface area (Å²) < 4.78 is 10.1. The highest BCUT2D eigenvalue weighted by atomic mass is 35.5. The normalized spacial score (nSPS) is 10.2. The first-order valence-corrected chi connectivity index (χ1v) is 8.56. The number of nitrogens with two attached hydrogens (primary N) is 1. The molecule has 0 aliphatic heterocycles. The maximum Gasteiger partial charge on any atom is 0.348 e. The Bertz CT molecular complexity index is 874. The Morgan fingerprint density at radius 2 is 1.96 bits per heavy atom. The first-order chi connectivity index (χ1) is 11.9. The molecule has 130 valence electrons. The number of nitrogens with zero attached hydrogens (tertiary/aromatic N) is 1. The number of carbonyl (C=O) groups excluding carboxylic acids is 2. The Hall–Kier alpha value is -2.27. The zero-order chi connectivity index (χ0) is 18.6. The van der Waals surface area contributed by atoms with Gasteiger partial charge in [0.2, 0.25) is 0 Å². The molecule has 2 aromatic rings. The third-order valence-electron chi connectivity index (χ3n) is 3.11. The maximum atomic E-state index is 12.1. The van der Waals surface area contributed by atoms with Crippen molar-refractivity contribution in [1.29, 1.82) is 5.26 Å². The van der Waals surface area contributed by atoms with E-state index in [2.05, 4.69) is 0 Å². The molecule has 25 heavy (non-hydrogen) atoms. The van der Waals surface area contributed by atoms with Crippen LogP contribution in [0.4, 0.5) is 5.00 Å². The molecule has 6 nitrogen and oxygen atoms in total. The molecule has 0 spiro atoms. The monoisotopic (exact) mass is 398 g/mol. The first kappa shape index (κ1) is 19.1.